The molecule has 3 rings (SSSR count). The molecule has 182 valence electrons. The van der Waals surface area contributed by atoms with Gasteiger partial charge in [-0.2, -0.15) is 0 Å². The summed E-state index contributed by atoms with van der Waals surface area (Å²) >= 11 is 1.11. The minimum Gasteiger partial charge on any atom is -0.490 e. The summed E-state index contributed by atoms with van der Waals surface area (Å²) < 4.78 is 15.9. The topological polar surface area (TPSA) is 123 Å². The van der Waals surface area contributed by atoms with Gasteiger partial charge in [0.2, 0.25) is 5.91 Å². The average molecular weight is 489 g/mol. The normalized spacial score (nSPS) is 11.0. The molecule has 0 saturated heterocycles. The van der Waals surface area contributed by atoms with Crippen molar-refractivity contribution < 1.29 is 23.8 Å². The summed E-state index contributed by atoms with van der Waals surface area (Å²) in [5.74, 6) is 0.826. The number of carbonyl (C=O) groups excluding carboxylic acids is 2. The highest BCUT2D eigenvalue weighted by Crippen LogP contribution is 2.31. The predicted octanol–water partition coefficient (Wildman–Crippen LogP) is 2.95. The smallest absolute Gasteiger partial charge is 0.348 e. The van der Waals surface area contributed by atoms with Crippen LogP contribution in [0.2, 0.25) is 0 Å². The highest BCUT2D eigenvalue weighted by atomic mass is 32.1. The van der Waals surface area contributed by atoms with Gasteiger partial charge in [-0.3, -0.25) is 14.5 Å². The van der Waals surface area contributed by atoms with Crippen LogP contribution in [-0.2, 0) is 16.1 Å². The van der Waals surface area contributed by atoms with Gasteiger partial charge in [0.25, 0.3) is 5.56 Å². The van der Waals surface area contributed by atoms with Gasteiger partial charge in [-0.1, -0.05) is 0 Å². The lowest BCUT2D eigenvalue weighted by Crippen LogP contribution is -2.31. The van der Waals surface area contributed by atoms with Crippen LogP contribution in [0.1, 0.15) is 34.9 Å². The number of hydrogen-bond acceptors (Lipinski definition) is 9. The van der Waals surface area contributed by atoms with E-state index in [0.717, 1.165) is 11.3 Å². The third-order valence-electron chi connectivity index (χ3n) is 4.88. The SMILES string of the molecule is CCOc1ccc(NC(=O)CN(C)Cc2nc3sc(C(=O)OC)c(C)c3c(=O)[nH]2)cc1OCC. The number of anilines is 1. The van der Waals surface area contributed by atoms with Crippen molar-refractivity contribution in [2.45, 2.75) is 27.3 Å². The van der Waals surface area contributed by atoms with Crippen molar-refractivity contribution in [3.05, 3.63) is 44.8 Å². The number of amides is 1. The van der Waals surface area contributed by atoms with E-state index < -0.39 is 5.97 Å². The number of carbonyl (C=O) groups is 2. The number of methoxy groups -OCH3 is 1. The van der Waals surface area contributed by atoms with E-state index in [1.165, 1.54) is 7.11 Å². The molecule has 0 aliphatic heterocycles. The van der Waals surface area contributed by atoms with Crippen molar-refractivity contribution >= 4 is 39.1 Å². The minimum atomic E-state index is -0.503. The lowest BCUT2D eigenvalue weighted by Gasteiger charge is -2.16. The molecule has 0 bridgehead atoms. The fourth-order valence-electron chi connectivity index (χ4n) is 3.44. The number of aromatic amines is 1. The average Bonchev–Trinajstić information content (AvgIpc) is 3.11. The molecular weight excluding hydrogens is 460 g/mol. The van der Waals surface area contributed by atoms with Crippen molar-refractivity contribution in [3.63, 3.8) is 0 Å². The first-order chi connectivity index (χ1) is 16.3. The summed E-state index contributed by atoms with van der Waals surface area (Å²) in [6, 6.07) is 5.22. The molecule has 0 aliphatic rings. The summed E-state index contributed by atoms with van der Waals surface area (Å²) in [4.78, 5) is 46.8. The fourth-order valence-corrected chi connectivity index (χ4v) is 4.56. The second-order valence-corrected chi connectivity index (χ2v) is 8.49. The van der Waals surface area contributed by atoms with Gasteiger partial charge in [-0.05, 0) is 45.5 Å². The number of H-pyrrole nitrogens is 1. The monoisotopic (exact) mass is 488 g/mol. The van der Waals surface area contributed by atoms with Crippen molar-refractivity contribution in [3.8, 4) is 11.5 Å². The number of aromatic nitrogens is 2. The zero-order valence-corrected chi connectivity index (χ0v) is 20.6. The minimum absolute atomic E-state index is 0.0653. The van der Waals surface area contributed by atoms with Crippen molar-refractivity contribution in [2.24, 2.45) is 0 Å². The van der Waals surface area contributed by atoms with Crippen LogP contribution in [0.5, 0.6) is 11.5 Å². The fraction of sp³-hybridized carbons (Fsp3) is 0.391. The number of likely N-dealkylation sites (N-methyl/N-ethyl adjacent to an activating group) is 1. The quantitative estimate of drug-likeness (QED) is 0.418. The Bertz CT molecular complexity index is 1250. The molecule has 2 heterocycles. The van der Waals surface area contributed by atoms with Crippen molar-refractivity contribution in [2.75, 3.05) is 39.2 Å². The lowest BCUT2D eigenvalue weighted by atomic mass is 10.2. The molecular formula is C23H28N4O6S. The van der Waals surface area contributed by atoms with Crippen LogP contribution < -0.4 is 20.3 Å². The van der Waals surface area contributed by atoms with Crippen LogP contribution in [0.15, 0.2) is 23.0 Å². The van der Waals surface area contributed by atoms with Crippen LogP contribution in [0, 0.1) is 6.92 Å². The number of esters is 1. The number of thiophene rings is 1. The van der Waals surface area contributed by atoms with Gasteiger partial charge in [-0.25, -0.2) is 9.78 Å². The second-order valence-electron chi connectivity index (χ2n) is 7.49. The van der Waals surface area contributed by atoms with Gasteiger partial charge in [0.05, 0.1) is 38.8 Å². The van der Waals surface area contributed by atoms with Gasteiger partial charge < -0.3 is 24.5 Å². The van der Waals surface area contributed by atoms with E-state index in [1.807, 2.05) is 13.8 Å². The Labute approximate surface area is 200 Å². The van der Waals surface area contributed by atoms with Gasteiger partial charge in [0.1, 0.15) is 15.5 Å². The van der Waals surface area contributed by atoms with Gasteiger partial charge >= 0.3 is 5.97 Å². The predicted molar refractivity (Wildman–Crippen MR) is 130 cm³/mol. The number of hydrogen-bond donors (Lipinski definition) is 2. The number of ether oxygens (including phenoxy) is 3. The molecule has 11 heteroatoms. The molecule has 0 saturated carbocycles. The highest BCUT2D eigenvalue weighted by Gasteiger charge is 2.20. The van der Waals surface area contributed by atoms with Gasteiger partial charge in [-0.15, -0.1) is 11.3 Å². The third-order valence-corrected chi connectivity index (χ3v) is 6.05. The molecule has 0 spiro atoms. The maximum Gasteiger partial charge on any atom is 0.348 e. The van der Waals surface area contributed by atoms with E-state index in [-0.39, 0.29) is 24.6 Å². The molecule has 0 aliphatic carbocycles. The molecule has 0 atom stereocenters. The number of rotatable bonds is 10. The van der Waals surface area contributed by atoms with Crippen LogP contribution in [0.4, 0.5) is 5.69 Å². The molecule has 1 amide bonds. The number of nitrogens with zero attached hydrogens (tertiary/aromatic N) is 2. The zero-order valence-electron chi connectivity index (χ0n) is 19.8. The van der Waals surface area contributed by atoms with Crippen LogP contribution in [0.25, 0.3) is 10.2 Å². The molecule has 10 nitrogen and oxygen atoms in total. The van der Waals surface area contributed by atoms with E-state index >= 15 is 0 Å². The molecule has 0 fully saturated rings. The largest absolute Gasteiger partial charge is 0.490 e. The first kappa shape index (κ1) is 25.2. The molecule has 0 unspecified atom stereocenters. The first-order valence-electron chi connectivity index (χ1n) is 10.8. The second kappa shape index (κ2) is 11.1. The molecule has 34 heavy (non-hydrogen) atoms. The Hall–Kier alpha value is -3.44. The van der Waals surface area contributed by atoms with Crippen LogP contribution >= 0.6 is 11.3 Å². The maximum absolute atomic E-state index is 12.6. The summed E-state index contributed by atoms with van der Waals surface area (Å²) in [6.45, 7) is 6.73. The maximum atomic E-state index is 12.6. The summed E-state index contributed by atoms with van der Waals surface area (Å²) in [6.07, 6.45) is 0. The van der Waals surface area contributed by atoms with Crippen LogP contribution in [0.3, 0.4) is 0 Å². The van der Waals surface area contributed by atoms with E-state index in [1.54, 1.807) is 37.1 Å². The molecule has 1 aromatic carbocycles. The number of aryl methyl sites for hydroxylation is 1. The van der Waals surface area contributed by atoms with Crippen LogP contribution in [-0.4, -0.2) is 60.7 Å². The van der Waals surface area contributed by atoms with E-state index in [4.69, 9.17) is 14.2 Å². The lowest BCUT2D eigenvalue weighted by molar-refractivity contribution is -0.117. The molecule has 2 N–H and O–H groups in total. The number of nitrogens with one attached hydrogen (secondary N) is 2. The summed E-state index contributed by atoms with van der Waals surface area (Å²) in [7, 11) is 3.04. The van der Waals surface area contributed by atoms with E-state index in [0.29, 0.717) is 56.9 Å². The summed E-state index contributed by atoms with van der Waals surface area (Å²) in [5, 5.41) is 3.21. The summed E-state index contributed by atoms with van der Waals surface area (Å²) in [5.41, 5.74) is 0.795. The highest BCUT2D eigenvalue weighted by molar-refractivity contribution is 7.20. The first-order valence-corrected chi connectivity index (χ1v) is 11.6. The third kappa shape index (κ3) is 5.72. The number of benzene rings is 1. The Morgan fingerprint density at radius 2 is 1.88 bits per heavy atom. The van der Waals surface area contributed by atoms with Gasteiger partial charge in [0, 0.05) is 11.8 Å². The van der Waals surface area contributed by atoms with Crippen molar-refractivity contribution in [1.82, 2.24) is 14.9 Å². The standard InChI is InChI=1S/C23H28N4O6S/c1-6-32-15-9-8-14(10-16(15)33-7-2)24-18(28)12-27(4)11-17-25-21(29)19-13(3)20(23(30)31-5)34-22(19)26-17/h8-10H,6-7,11-12H2,1-5H3,(H,24,28)(H,25,26,29). The number of fused-ring (bicyclic) bond motifs is 1. The Kier molecular flexibility index (Phi) is 8.24. The van der Waals surface area contributed by atoms with E-state index in [2.05, 4.69) is 15.3 Å². The molecule has 2 aromatic heterocycles. The molecule has 3 aromatic rings. The van der Waals surface area contributed by atoms with Crippen molar-refractivity contribution in [1.29, 1.82) is 0 Å². The Balaban J connectivity index is 1.69. The van der Waals surface area contributed by atoms with Gasteiger partial charge in [0.15, 0.2) is 11.5 Å². The Morgan fingerprint density at radius 1 is 1.18 bits per heavy atom. The van der Waals surface area contributed by atoms with E-state index in [9.17, 15) is 14.4 Å². The zero-order chi connectivity index (χ0) is 24.8. The Morgan fingerprint density at radius 3 is 2.56 bits per heavy atom. The molecule has 0 radical (unpaired) electrons.